The van der Waals surface area contributed by atoms with Gasteiger partial charge in [0.15, 0.2) is 0 Å². The Labute approximate surface area is 107 Å². The third kappa shape index (κ3) is 3.43. The van der Waals surface area contributed by atoms with E-state index < -0.39 is 15.8 Å². The van der Waals surface area contributed by atoms with Crippen LogP contribution in [0.2, 0.25) is 0 Å². The number of methoxy groups -OCH3 is 1. The van der Waals surface area contributed by atoms with Crippen LogP contribution in [0.1, 0.15) is 19.8 Å². The van der Waals surface area contributed by atoms with Crippen molar-refractivity contribution in [2.45, 2.75) is 24.7 Å². The largest absolute Gasteiger partial charge is 0.469 e. The molecule has 0 aromatic heterocycles. The third-order valence-electron chi connectivity index (χ3n) is 2.52. The normalized spacial score (nSPS) is 12.2. The maximum absolute atomic E-state index is 12.2. The Morgan fingerprint density at radius 1 is 1.22 bits per heavy atom. The number of sulfone groups is 1. The van der Waals surface area contributed by atoms with Crippen molar-refractivity contribution >= 4 is 15.8 Å². The summed E-state index contributed by atoms with van der Waals surface area (Å²) >= 11 is 0. The van der Waals surface area contributed by atoms with Gasteiger partial charge < -0.3 is 4.74 Å². The van der Waals surface area contributed by atoms with Gasteiger partial charge in [-0.2, -0.15) is 0 Å². The summed E-state index contributed by atoms with van der Waals surface area (Å²) in [4.78, 5) is 11.5. The average Bonchev–Trinajstić information content (AvgIpc) is 2.39. The summed E-state index contributed by atoms with van der Waals surface area (Å²) in [5.41, 5.74) is 0. The van der Waals surface area contributed by atoms with Gasteiger partial charge in [-0.25, -0.2) is 8.42 Å². The molecular formula is C13H16O4S. The Hall–Kier alpha value is -1.62. The summed E-state index contributed by atoms with van der Waals surface area (Å²) in [7, 11) is -2.22. The first kappa shape index (κ1) is 14.4. The minimum absolute atomic E-state index is 0.0578. The lowest BCUT2D eigenvalue weighted by Gasteiger charge is -2.08. The van der Waals surface area contributed by atoms with E-state index in [9.17, 15) is 13.2 Å². The van der Waals surface area contributed by atoms with Crippen molar-refractivity contribution in [2.75, 3.05) is 7.11 Å². The van der Waals surface area contributed by atoms with Crippen LogP contribution in [0.25, 0.3) is 0 Å². The second-order valence-electron chi connectivity index (χ2n) is 3.65. The number of carbonyl (C=O) groups excluding carboxylic acids is 1. The van der Waals surface area contributed by atoms with Crippen molar-refractivity contribution < 1.29 is 17.9 Å². The summed E-state index contributed by atoms with van der Waals surface area (Å²) in [6, 6.07) is 8.16. The van der Waals surface area contributed by atoms with E-state index in [1.54, 1.807) is 25.1 Å². The predicted octanol–water partition coefficient (Wildman–Crippen LogP) is 2.32. The molecule has 5 heteroatoms. The zero-order valence-electron chi connectivity index (χ0n) is 10.4. The predicted molar refractivity (Wildman–Crippen MR) is 68.6 cm³/mol. The van der Waals surface area contributed by atoms with Gasteiger partial charge in [0.2, 0.25) is 9.84 Å². The van der Waals surface area contributed by atoms with Gasteiger partial charge in [-0.3, -0.25) is 4.79 Å². The monoisotopic (exact) mass is 268 g/mol. The second-order valence-corrected chi connectivity index (χ2v) is 5.65. The molecule has 0 radical (unpaired) electrons. The summed E-state index contributed by atoms with van der Waals surface area (Å²) in [6.07, 6.45) is 1.73. The molecule has 18 heavy (non-hydrogen) atoms. The lowest BCUT2D eigenvalue weighted by molar-refractivity contribution is -0.140. The first-order valence-electron chi connectivity index (χ1n) is 5.54. The Kier molecular flexibility index (Phi) is 5.09. The molecule has 0 N–H and O–H groups in total. The number of hydrogen-bond acceptors (Lipinski definition) is 4. The summed E-state index contributed by atoms with van der Waals surface area (Å²) in [5, 5.41) is 0. The summed E-state index contributed by atoms with van der Waals surface area (Å²) in [5.74, 6) is -0.419. The number of hydrogen-bond donors (Lipinski definition) is 0. The molecule has 0 aliphatic heterocycles. The second kappa shape index (κ2) is 6.35. The van der Waals surface area contributed by atoms with Crippen LogP contribution in [-0.4, -0.2) is 21.5 Å². The van der Waals surface area contributed by atoms with Crippen LogP contribution in [0.15, 0.2) is 46.2 Å². The van der Waals surface area contributed by atoms with E-state index in [0.29, 0.717) is 0 Å². The Morgan fingerprint density at radius 3 is 2.33 bits per heavy atom. The van der Waals surface area contributed by atoms with Crippen molar-refractivity contribution in [2.24, 2.45) is 0 Å². The highest BCUT2D eigenvalue weighted by molar-refractivity contribution is 7.95. The smallest absolute Gasteiger partial charge is 0.305 e. The summed E-state index contributed by atoms with van der Waals surface area (Å²) in [6.45, 7) is 1.65. The highest BCUT2D eigenvalue weighted by atomic mass is 32.2. The molecule has 98 valence electrons. The SMILES string of the molecule is C/C=C(\CCC(=O)OC)S(=O)(=O)c1ccccc1. The highest BCUT2D eigenvalue weighted by Crippen LogP contribution is 2.22. The molecule has 0 spiro atoms. The highest BCUT2D eigenvalue weighted by Gasteiger charge is 2.20. The van der Waals surface area contributed by atoms with Crippen LogP contribution in [0, 0.1) is 0 Å². The number of ether oxygens (including phenoxy) is 1. The lowest BCUT2D eigenvalue weighted by Crippen LogP contribution is -2.08. The maximum Gasteiger partial charge on any atom is 0.305 e. The van der Waals surface area contributed by atoms with Gasteiger partial charge in [0.25, 0.3) is 0 Å². The van der Waals surface area contributed by atoms with Gasteiger partial charge in [-0.1, -0.05) is 24.3 Å². The molecule has 1 aromatic carbocycles. The van der Waals surface area contributed by atoms with E-state index in [0.717, 1.165) is 0 Å². The molecule has 0 saturated carbocycles. The molecular weight excluding hydrogens is 252 g/mol. The van der Waals surface area contributed by atoms with Crippen molar-refractivity contribution in [3.05, 3.63) is 41.3 Å². The van der Waals surface area contributed by atoms with Gasteiger partial charge in [0.1, 0.15) is 0 Å². The third-order valence-corrected chi connectivity index (χ3v) is 4.55. The molecule has 0 amide bonds. The fourth-order valence-corrected chi connectivity index (χ4v) is 3.01. The van der Waals surface area contributed by atoms with Crippen LogP contribution in [-0.2, 0) is 19.4 Å². The van der Waals surface area contributed by atoms with Crippen LogP contribution in [0.3, 0.4) is 0 Å². The van der Waals surface area contributed by atoms with Crippen molar-refractivity contribution in [1.29, 1.82) is 0 Å². The first-order chi connectivity index (χ1) is 8.52. The summed E-state index contributed by atoms with van der Waals surface area (Å²) < 4.78 is 29.0. The average molecular weight is 268 g/mol. The molecule has 4 nitrogen and oxygen atoms in total. The van der Waals surface area contributed by atoms with Crippen molar-refractivity contribution in [3.63, 3.8) is 0 Å². The Balaban J connectivity index is 2.93. The fourth-order valence-electron chi connectivity index (χ4n) is 1.51. The zero-order valence-corrected chi connectivity index (χ0v) is 11.2. The molecule has 0 aliphatic rings. The number of esters is 1. The van der Waals surface area contributed by atoms with E-state index in [-0.39, 0.29) is 22.6 Å². The fraction of sp³-hybridized carbons (Fsp3) is 0.308. The molecule has 1 aromatic rings. The topological polar surface area (TPSA) is 60.4 Å². The lowest BCUT2D eigenvalue weighted by atomic mass is 10.3. The van der Waals surface area contributed by atoms with E-state index >= 15 is 0 Å². The number of rotatable bonds is 5. The van der Waals surface area contributed by atoms with Gasteiger partial charge in [-0.15, -0.1) is 0 Å². The standard InChI is InChI=1S/C13H16O4S/c1-3-11(9-10-13(14)17-2)18(15,16)12-7-5-4-6-8-12/h3-8H,9-10H2,1-2H3/b11-3+. The van der Waals surface area contributed by atoms with Crippen LogP contribution >= 0.6 is 0 Å². The van der Waals surface area contributed by atoms with E-state index in [1.165, 1.54) is 25.3 Å². The molecule has 0 heterocycles. The van der Waals surface area contributed by atoms with Gasteiger partial charge >= 0.3 is 5.97 Å². The van der Waals surface area contributed by atoms with Crippen molar-refractivity contribution in [1.82, 2.24) is 0 Å². The number of benzene rings is 1. The minimum atomic E-state index is -3.50. The quantitative estimate of drug-likeness (QED) is 0.769. The molecule has 0 saturated heterocycles. The van der Waals surface area contributed by atoms with E-state index in [2.05, 4.69) is 4.74 Å². The maximum atomic E-state index is 12.2. The van der Waals surface area contributed by atoms with Gasteiger partial charge in [-0.05, 0) is 25.5 Å². The number of carbonyl (C=O) groups is 1. The van der Waals surface area contributed by atoms with Crippen LogP contribution in [0.5, 0.6) is 0 Å². The van der Waals surface area contributed by atoms with Crippen LogP contribution in [0.4, 0.5) is 0 Å². The molecule has 0 bridgehead atoms. The molecule has 0 aliphatic carbocycles. The Morgan fingerprint density at radius 2 is 1.83 bits per heavy atom. The van der Waals surface area contributed by atoms with E-state index in [1.807, 2.05) is 0 Å². The van der Waals surface area contributed by atoms with Crippen LogP contribution < -0.4 is 0 Å². The minimum Gasteiger partial charge on any atom is -0.469 e. The molecule has 0 unspecified atom stereocenters. The molecule has 0 atom stereocenters. The molecule has 1 rings (SSSR count). The zero-order chi connectivity index (χ0) is 13.6. The Bertz CT molecular complexity index is 529. The number of allylic oxidation sites excluding steroid dienone is 2. The van der Waals surface area contributed by atoms with Gasteiger partial charge in [0, 0.05) is 4.91 Å². The first-order valence-corrected chi connectivity index (χ1v) is 7.03. The van der Waals surface area contributed by atoms with Crippen molar-refractivity contribution in [3.8, 4) is 0 Å². The van der Waals surface area contributed by atoms with Gasteiger partial charge in [0.05, 0.1) is 18.4 Å². The van der Waals surface area contributed by atoms with E-state index in [4.69, 9.17) is 0 Å². The molecule has 0 fully saturated rings.